The third-order valence-corrected chi connectivity index (χ3v) is 5.26. The number of rotatable bonds is 13. The van der Waals surface area contributed by atoms with Gasteiger partial charge < -0.3 is 39.4 Å². The van der Waals surface area contributed by atoms with Gasteiger partial charge in [0, 0.05) is 37.7 Å². The Morgan fingerprint density at radius 1 is 1.09 bits per heavy atom. The van der Waals surface area contributed by atoms with Gasteiger partial charge >= 0.3 is 0 Å². The summed E-state index contributed by atoms with van der Waals surface area (Å²) in [6, 6.07) is 11.7. The first-order valence-corrected chi connectivity index (χ1v) is 11.4. The summed E-state index contributed by atoms with van der Waals surface area (Å²) in [6.07, 6.45) is -0.0799. The third-order valence-electron chi connectivity index (χ3n) is 5.26. The van der Waals surface area contributed by atoms with Gasteiger partial charge in [-0.15, -0.1) is 0 Å². The van der Waals surface area contributed by atoms with Crippen molar-refractivity contribution in [1.82, 2.24) is 10.6 Å². The predicted molar refractivity (Wildman–Crippen MR) is 127 cm³/mol. The Balaban J connectivity index is 1.45. The second-order valence-corrected chi connectivity index (χ2v) is 8.26. The Labute approximate surface area is 196 Å². The molecule has 0 bridgehead atoms. The largest absolute Gasteiger partial charge is 0.493 e. The van der Waals surface area contributed by atoms with Crippen molar-refractivity contribution in [2.75, 3.05) is 47.1 Å². The fourth-order valence-corrected chi connectivity index (χ4v) is 3.61. The fourth-order valence-electron chi connectivity index (χ4n) is 3.61. The minimum absolute atomic E-state index is 0.110. The maximum Gasteiger partial charge on any atom is 0.203 e. The number of hydrogen-bond acceptors (Lipinski definition) is 8. The molecule has 0 spiro atoms. The zero-order valence-corrected chi connectivity index (χ0v) is 19.9. The first kappa shape index (κ1) is 25.0. The van der Waals surface area contributed by atoms with Crippen LogP contribution in [0.25, 0.3) is 0 Å². The summed E-state index contributed by atoms with van der Waals surface area (Å²) in [6.45, 7) is 6.80. The van der Waals surface area contributed by atoms with Gasteiger partial charge in [-0.3, -0.25) is 0 Å². The van der Waals surface area contributed by atoms with Gasteiger partial charge in [0.15, 0.2) is 23.0 Å². The van der Waals surface area contributed by atoms with Crippen molar-refractivity contribution in [2.24, 2.45) is 0 Å². The minimum Gasteiger partial charge on any atom is -0.493 e. The van der Waals surface area contributed by atoms with Gasteiger partial charge in [-0.25, -0.2) is 0 Å². The van der Waals surface area contributed by atoms with Crippen molar-refractivity contribution >= 4 is 0 Å². The van der Waals surface area contributed by atoms with Gasteiger partial charge in [0.25, 0.3) is 0 Å². The molecule has 33 heavy (non-hydrogen) atoms. The molecule has 0 saturated carbocycles. The molecular weight excluding hydrogens is 424 g/mol. The first-order chi connectivity index (χ1) is 16.0. The van der Waals surface area contributed by atoms with Crippen molar-refractivity contribution in [3.8, 4) is 28.7 Å². The normalized spacial score (nSPS) is 15.9. The number of hydrogen-bond donors (Lipinski definition) is 3. The number of methoxy groups -OCH3 is 2. The number of ether oxygens (including phenoxy) is 5. The SMILES string of the molecule is COc1cccc(OC)c1OCCNCC1COc2c(CC(O)CNC(C)C)cccc2O1. The lowest BCUT2D eigenvalue weighted by Crippen LogP contribution is -2.40. The van der Waals surface area contributed by atoms with Crippen LogP contribution in [0.1, 0.15) is 19.4 Å². The van der Waals surface area contributed by atoms with E-state index in [0.717, 1.165) is 11.3 Å². The van der Waals surface area contributed by atoms with Crippen molar-refractivity contribution in [3.63, 3.8) is 0 Å². The maximum absolute atomic E-state index is 10.3. The molecule has 8 nitrogen and oxygen atoms in total. The number of para-hydroxylation sites is 2. The Morgan fingerprint density at radius 2 is 1.82 bits per heavy atom. The van der Waals surface area contributed by atoms with Crippen LogP contribution in [-0.4, -0.2) is 70.4 Å². The van der Waals surface area contributed by atoms with E-state index in [1.165, 1.54) is 0 Å². The van der Waals surface area contributed by atoms with Crippen molar-refractivity contribution in [2.45, 2.75) is 38.5 Å². The highest BCUT2D eigenvalue weighted by molar-refractivity contribution is 5.51. The van der Waals surface area contributed by atoms with E-state index in [2.05, 4.69) is 24.5 Å². The van der Waals surface area contributed by atoms with Crippen molar-refractivity contribution < 1.29 is 28.8 Å². The number of aliphatic hydroxyl groups excluding tert-OH is 1. The lowest BCUT2D eigenvalue weighted by Gasteiger charge is -2.28. The van der Waals surface area contributed by atoms with Crippen LogP contribution in [0.2, 0.25) is 0 Å². The summed E-state index contributed by atoms with van der Waals surface area (Å²) < 4.78 is 28.7. The van der Waals surface area contributed by atoms with E-state index in [-0.39, 0.29) is 6.10 Å². The van der Waals surface area contributed by atoms with E-state index in [1.807, 2.05) is 36.4 Å². The molecule has 2 atom stereocenters. The molecule has 2 unspecified atom stereocenters. The molecule has 0 aliphatic carbocycles. The van der Waals surface area contributed by atoms with Crippen LogP contribution < -0.4 is 34.3 Å². The monoisotopic (exact) mass is 460 g/mol. The van der Waals surface area contributed by atoms with E-state index in [1.54, 1.807) is 14.2 Å². The molecular formula is C25H36N2O6. The van der Waals surface area contributed by atoms with Gasteiger partial charge in [0.2, 0.25) is 5.75 Å². The zero-order chi connectivity index (χ0) is 23.6. The lowest BCUT2D eigenvalue weighted by atomic mass is 10.1. The first-order valence-electron chi connectivity index (χ1n) is 11.4. The van der Waals surface area contributed by atoms with Crippen molar-refractivity contribution in [1.29, 1.82) is 0 Å². The van der Waals surface area contributed by atoms with Crippen LogP contribution in [0.3, 0.4) is 0 Å². The number of benzene rings is 2. The quantitative estimate of drug-likeness (QED) is 0.393. The number of nitrogens with one attached hydrogen (secondary N) is 2. The van der Waals surface area contributed by atoms with E-state index in [0.29, 0.717) is 68.3 Å². The fraction of sp³-hybridized carbons (Fsp3) is 0.520. The second-order valence-electron chi connectivity index (χ2n) is 8.26. The zero-order valence-electron chi connectivity index (χ0n) is 19.9. The molecule has 0 amide bonds. The molecule has 0 radical (unpaired) electrons. The summed E-state index contributed by atoms with van der Waals surface area (Å²) in [5.41, 5.74) is 0.955. The van der Waals surface area contributed by atoms with Crippen molar-refractivity contribution in [3.05, 3.63) is 42.0 Å². The minimum atomic E-state index is -0.483. The molecule has 3 rings (SSSR count). The van der Waals surface area contributed by atoms with E-state index >= 15 is 0 Å². The topological polar surface area (TPSA) is 90.4 Å². The van der Waals surface area contributed by atoms with Crippen LogP contribution in [-0.2, 0) is 6.42 Å². The maximum atomic E-state index is 10.3. The molecule has 3 N–H and O–H groups in total. The summed E-state index contributed by atoms with van der Waals surface area (Å²) in [5.74, 6) is 3.30. The van der Waals surface area contributed by atoms with Crippen LogP contribution in [0.4, 0.5) is 0 Å². The van der Waals surface area contributed by atoms with Gasteiger partial charge in [-0.2, -0.15) is 0 Å². The highest BCUT2D eigenvalue weighted by Gasteiger charge is 2.24. The van der Waals surface area contributed by atoms with Crippen LogP contribution in [0.5, 0.6) is 28.7 Å². The van der Waals surface area contributed by atoms with Gasteiger partial charge in [0.05, 0.1) is 20.3 Å². The molecule has 182 valence electrons. The van der Waals surface area contributed by atoms with Crippen LogP contribution >= 0.6 is 0 Å². The van der Waals surface area contributed by atoms with E-state index in [4.69, 9.17) is 23.7 Å². The Hall–Kier alpha value is -2.68. The standard InChI is InChI=1S/C25H36N2O6/c1-17(2)27-14-19(28)13-18-7-5-10-23-24(18)32-16-20(33-23)15-26-11-12-31-25-21(29-3)8-6-9-22(25)30-4/h5-10,17,19-20,26-28H,11-16H2,1-4H3. The average molecular weight is 461 g/mol. The van der Waals surface area contributed by atoms with Gasteiger partial charge in [-0.05, 0) is 18.2 Å². The summed E-state index contributed by atoms with van der Waals surface area (Å²) in [5, 5.41) is 16.9. The third kappa shape index (κ3) is 7.15. The highest BCUT2D eigenvalue weighted by Crippen LogP contribution is 2.37. The number of fused-ring (bicyclic) bond motifs is 1. The summed E-state index contributed by atoms with van der Waals surface area (Å²) in [7, 11) is 3.21. The molecule has 8 heteroatoms. The molecule has 0 aromatic heterocycles. The Kier molecular flexibility index (Phi) is 9.47. The highest BCUT2D eigenvalue weighted by atomic mass is 16.6. The lowest BCUT2D eigenvalue weighted by molar-refractivity contribution is 0.0873. The number of aliphatic hydroxyl groups is 1. The Morgan fingerprint density at radius 3 is 2.52 bits per heavy atom. The van der Waals surface area contributed by atoms with Gasteiger partial charge in [-0.1, -0.05) is 32.0 Å². The predicted octanol–water partition coefficient (Wildman–Crippen LogP) is 2.41. The van der Waals surface area contributed by atoms with E-state index in [9.17, 15) is 5.11 Å². The van der Waals surface area contributed by atoms with Gasteiger partial charge in [0.1, 0.15) is 19.3 Å². The molecule has 1 aliphatic heterocycles. The average Bonchev–Trinajstić information content (AvgIpc) is 2.82. The molecule has 2 aromatic carbocycles. The summed E-state index contributed by atoms with van der Waals surface area (Å²) in [4.78, 5) is 0. The molecule has 1 heterocycles. The Bertz CT molecular complexity index is 854. The van der Waals surface area contributed by atoms with Crippen LogP contribution in [0, 0.1) is 0 Å². The van der Waals surface area contributed by atoms with Crippen LogP contribution in [0.15, 0.2) is 36.4 Å². The smallest absolute Gasteiger partial charge is 0.203 e. The molecule has 0 saturated heterocycles. The molecule has 1 aliphatic rings. The molecule has 2 aromatic rings. The second kappa shape index (κ2) is 12.5. The van der Waals surface area contributed by atoms with E-state index < -0.39 is 6.10 Å². The summed E-state index contributed by atoms with van der Waals surface area (Å²) >= 11 is 0. The molecule has 0 fully saturated rings.